The van der Waals surface area contributed by atoms with E-state index in [1.807, 2.05) is 0 Å². The molecule has 2 aromatic carbocycles. The Morgan fingerprint density at radius 1 is 1.04 bits per heavy atom. The molecular formula is C19H22ClN3O3S2. The lowest BCUT2D eigenvalue weighted by Crippen LogP contribution is -2.35. The van der Waals surface area contributed by atoms with Gasteiger partial charge in [-0.2, -0.15) is 4.31 Å². The first kappa shape index (κ1) is 20.9. The van der Waals surface area contributed by atoms with Crippen LogP contribution in [0.5, 0.6) is 5.75 Å². The van der Waals surface area contributed by atoms with Crippen molar-refractivity contribution in [1.82, 2.24) is 4.31 Å². The lowest BCUT2D eigenvalue weighted by atomic mass is 10.2. The second-order valence-corrected chi connectivity index (χ2v) is 9.17. The molecule has 0 aliphatic carbocycles. The number of benzene rings is 2. The smallest absolute Gasteiger partial charge is 0.243 e. The molecule has 28 heavy (non-hydrogen) atoms. The van der Waals surface area contributed by atoms with Crippen molar-refractivity contribution in [3.63, 3.8) is 0 Å². The van der Waals surface area contributed by atoms with Gasteiger partial charge in [-0.15, -0.1) is 0 Å². The Kier molecular flexibility index (Phi) is 6.77. The van der Waals surface area contributed by atoms with E-state index >= 15 is 0 Å². The molecular weight excluding hydrogens is 418 g/mol. The van der Waals surface area contributed by atoms with Gasteiger partial charge in [-0.05, 0) is 67.5 Å². The van der Waals surface area contributed by atoms with E-state index in [1.54, 1.807) is 53.9 Å². The fourth-order valence-corrected chi connectivity index (χ4v) is 5.01. The van der Waals surface area contributed by atoms with Gasteiger partial charge in [-0.1, -0.05) is 18.0 Å². The number of anilines is 2. The van der Waals surface area contributed by atoms with E-state index in [1.165, 1.54) is 0 Å². The zero-order chi connectivity index (χ0) is 20.1. The number of nitrogens with zero attached hydrogens (tertiary/aromatic N) is 1. The highest BCUT2D eigenvalue weighted by Gasteiger charge is 2.25. The van der Waals surface area contributed by atoms with Crippen LogP contribution in [0.15, 0.2) is 47.4 Å². The van der Waals surface area contributed by atoms with Crippen molar-refractivity contribution in [2.45, 2.75) is 24.2 Å². The fourth-order valence-electron chi connectivity index (χ4n) is 3.00. The van der Waals surface area contributed by atoms with E-state index in [2.05, 4.69) is 10.6 Å². The number of hydrogen-bond donors (Lipinski definition) is 2. The number of thiocarbonyl (C=S) groups is 1. The Morgan fingerprint density at radius 3 is 2.25 bits per heavy atom. The second kappa shape index (κ2) is 9.09. The van der Waals surface area contributed by atoms with Crippen molar-refractivity contribution in [2.24, 2.45) is 0 Å². The van der Waals surface area contributed by atoms with Gasteiger partial charge in [0.05, 0.1) is 17.0 Å². The van der Waals surface area contributed by atoms with E-state index in [9.17, 15) is 8.42 Å². The molecule has 3 rings (SSSR count). The van der Waals surface area contributed by atoms with Gasteiger partial charge in [0, 0.05) is 24.5 Å². The summed E-state index contributed by atoms with van der Waals surface area (Å²) in [6.07, 6.45) is 2.90. The molecule has 0 atom stereocenters. The molecule has 0 saturated carbocycles. The number of hydrogen-bond acceptors (Lipinski definition) is 4. The molecule has 1 heterocycles. The lowest BCUT2D eigenvalue weighted by molar-refractivity contribution is 0.346. The van der Waals surface area contributed by atoms with Gasteiger partial charge in [0.1, 0.15) is 5.75 Å². The Hall–Kier alpha value is -1.87. The number of methoxy groups -OCH3 is 1. The summed E-state index contributed by atoms with van der Waals surface area (Å²) in [4.78, 5) is 0.292. The van der Waals surface area contributed by atoms with Gasteiger partial charge in [-0.3, -0.25) is 0 Å². The molecule has 0 spiro atoms. The minimum absolute atomic E-state index is 0.292. The summed E-state index contributed by atoms with van der Waals surface area (Å²) in [6.45, 7) is 1.17. The molecule has 2 N–H and O–H groups in total. The lowest BCUT2D eigenvalue weighted by Gasteiger charge is -2.25. The van der Waals surface area contributed by atoms with Crippen molar-refractivity contribution < 1.29 is 13.2 Å². The summed E-state index contributed by atoms with van der Waals surface area (Å²) < 4.78 is 32.1. The van der Waals surface area contributed by atoms with Crippen LogP contribution in [0.25, 0.3) is 0 Å². The molecule has 0 radical (unpaired) electrons. The first-order valence-corrected chi connectivity index (χ1v) is 11.1. The van der Waals surface area contributed by atoms with Crippen LogP contribution in [0.2, 0.25) is 5.02 Å². The van der Waals surface area contributed by atoms with Crippen molar-refractivity contribution in [2.75, 3.05) is 30.8 Å². The average molecular weight is 440 g/mol. The van der Waals surface area contributed by atoms with E-state index < -0.39 is 10.0 Å². The first-order valence-electron chi connectivity index (χ1n) is 8.92. The van der Waals surface area contributed by atoms with Crippen LogP contribution >= 0.6 is 23.8 Å². The molecule has 1 aliphatic heterocycles. The summed E-state index contributed by atoms with van der Waals surface area (Å²) >= 11 is 11.4. The molecule has 0 unspecified atom stereocenters. The molecule has 6 nitrogen and oxygen atoms in total. The minimum Gasteiger partial charge on any atom is -0.495 e. The molecule has 0 aromatic heterocycles. The average Bonchev–Trinajstić information content (AvgIpc) is 2.69. The number of piperidine rings is 1. The molecule has 150 valence electrons. The largest absolute Gasteiger partial charge is 0.495 e. The van der Waals surface area contributed by atoms with Crippen molar-refractivity contribution in [1.29, 1.82) is 0 Å². The maximum atomic E-state index is 12.7. The van der Waals surface area contributed by atoms with E-state index in [-0.39, 0.29) is 0 Å². The summed E-state index contributed by atoms with van der Waals surface area (Å²) in [5.41, 5.74) is 1.40. The van der Waals surface area contributed by atoms with E-state index in [0.29, 0.717) is 45.2 Å². The Balaban J connectivity index is 1.63. The molecule has 1 fully saturated rings. The predicted molar refractivity (Wildman–Crippen MR) is 117 cm³/mol. The number of nitrogens with one attached hydrogen (secondary N) is 2. The van der Waals surface area contributed by atoms with Crippen LogP contribution in [0, 0.1) is 0 Å². The predicted octanol–water partition coefficient (Wildman–Crippen LogP) is 4.33. The van der Waals surface area contributed by atoms with Crippen LogP contribution < -0.4 is 15.4 Å². The highest BCUT2D eigenvalue weighted by Crippen LogP contribution is 2.27. The molecule has 9 heteroatoms. The van der Waals surface area contributed by atoms with Gasteiger partial charge in [0.15, 0.2) is 5.11 Å². The topological polar surface area (TPSA) is 70.7 Å². The van der Waals surface area contributed by atoms with E-state index in [0.717, 1.165) is 19.3 Å². The minimum atomic E-state index is -3.44. The molecule has 1 aliphatic rings. The van der Waals surface area contributed by atoms with Gasteiger partial charge in [0.25, 0.3) is 0 Å². The number of sulfonamides is 1. The summed E-state index contributed by atoms with van der Waals surface area (Å²) in [5.74, 6) is 0.580. The molecule has 2 aromatic rings. The fraction of sp³-hybridized carbons (Fsp3) is 0.316. The number of halogens is 1. The molecule has 0 bridgehead atoms. The van der Waals surface area contributed by atoms with Crippen LogP contribution in [0.1, 0.15) is 19.3 Å². The van der Waals surface area contributed by atoms with Crippen LogP contribution in [0.4, 0.5) is 11.4 Å². The SMILES string of the molecule is COc1ccc(NC(=S)Nc2ccc(S(=O)(=O)N3CCCCC3)cc2)cc1Cl. The normalized spacial score (nSPS) is 15.1. The third-order valence-electron chi connectivity index (χ3n) is 4.47. The highest BCUT2D eigenvalue weighted by atomic mass is 35.5. The maximum Gasteiger partial charge on any atom is 0.243 e. The first-order chi connectivity index (χ1) is 13.4. The van der Waals surface area contributed by atoms with Crippen molar-refractivity contribution in [3.05, 3.63) is 47.5 Å². The number of rotatable bonds is 5. The Labute approximate surface area is 175 Å². The summed E-state index contributed by atoms with van der Waals surface area (Å²) in [6, 6.07) is 11.8. The third-order valence-corrected chi connectivity index (χ3v) is 6.89. The van der Waals surface area contributed by atoms with Crippen LogP contribution in [0.3, 0.4) is 0 Å². The maximum absolute atomic E-state index is 12.7. The van der Waals surface area contributed by atoms with Crippen molar-refractivity contribution in [3.8, 4) is 5.75 Å². The summed E-state index contributed by atoms with van der Waals surface area (Å²) in [7, 11) is -1.89. The van der Waals surface area contributed by atoms with Gasteiger partial charge in [0.2, 0.25) is 10.0 Å². The standard InChI is InChI=1S/C19H22ClN3O3S2/c1-26-18-10-7-15(13-17(18)20)22-19(27)21-14-5-8-16(9-6-14)28(24,25)23-11-3-2-4-12-23/h5-10,13H,2-4,11-12H2,1H3,(H2,21,22,27). The zero-order valence-corrected chi connectivity index (χ0v) is 17.8. The van der Waals surface area contributed by atoms with E-state index in [4.69, 9.17) is 28.6 Å². The van der Waals surface area contributed by atoms with Crippen LogP contribution in [-0.2, 0) is 10.0 Å². The summed E-state index contributed by atoms with van der Waals surface area (Å²) in [5, 5.41) is 6.91. The highest BCUT2D eigenvalue weighted by molar-refractivity contribution is 7.89. The Bertz CT molecular complexity index is 943. The molecule has 0 amide bonds. The van der Waals surface area contributed by atoms with Gasteiger partial charge >= 0.3 is 0 Å². The zero-order valence-electron chi connectivity index (χ0n) is 15.4. The second-order valence-electron chi connectivity index (χ2n) is 6.42. The monoisotopic (exact) mass is 439 g/mol. The van der Waals surface area contributed by atoms with Gasteiger partial charge < -0.3 is 15.4 Å². The Morgan fingerprint density at radius 2 is 1.64 bits per heavy atom. The van der Waals surface area contributed by atoms with Crippen molar-refractivity contribution >= 4 is 50.3 Å². The molecule has 1 saturated heterocycles. The van der Waals surface area contributed by atoms with Crippen LogP contribution in [-0.4, -0.2) is 38.0 Å². The number of ether oxygens (including phenoxy) is 1. The van der Waals surface area contributed by atoms with Gasteiger partial charge in [-0.25, -0.2) is 8.42 Å². The quantitative estimate of drug-likeness (QED) is 0.675. The third kappa shape index (κ3) is 4.94.